The lowest BCUT2D eigenvalue weighted by molar-refractivity contribution is 0.204. The Morgan fingerprint density at radius 2 is 2.14 bits per heavy atom. The van der Waals surface area contributed by atoms with Crippen molar-refractivity contribution in [1.29, 1.82) is 0 Å². The van der Waals surface area contributed by atoms with Crippen molar-refractivity contribution >= 4 is 11.9 Å². The SMILES string of the molecule is COCCN(CC(C)C)c1nc(N)nc(-n2cccn2)n1. The van der Waals surface area contributed by atoms with E-state index >= 15 is 0 Å². The molecule has 8 nitrogen and oxygen atoms in total. The van der Waals surface area contributed by atoms with E-state index in [1.54, 1.807) is 30.3 Å². The molecule has 0 spiro atoms. The Kier molecular flexibility index (Phi) is 5.04. The average molecular weight is 291 g/mol. The summed E-state index contributed by atoms with van der Waals surface area (Å²) in [5.74, 6) is 1.59. The van der Waals surface area contributed by atoms with E-state index in [1.165, 1.54) is 0 Å². The molecule has 0 bridgehead atoms. The minimum Gasteiger partial charge on any atom is -0.383 e. The smallest absolute Gasteiger partial charge is 0.257 e. The van der Waals surface area contributed by atoms with E-state index in [4.69, 9.17) is 10.5 Å². The summed E-state index contributed by atoms with van der Waals surface area (Å²) in [4.78, 5) is 14.8. The molecule has 2 aromatic rings. The highest BCUT2D eigenvalue weighted by molar-refractivity contribution is 5.37. The average Bonchev–Trinajstić information content (AvgIpc) is 2.96. The van der Waals surface area contributed by atoms with E-state index in [1.807, 2.05) is 4.90 Å². The van der Waals surface area contributed by atoms with E-state index in [0.717, 1.165) is 6.54 Å². The highest BCUT2D eigenvalue weighted by Crippen LogP contribution is 2.13. The van der Waals surface area contributed by atoms with Crippen molar-refractivity contribution in [2.24, 2.45) is 5.92 Å². The van der Waals surface area contributed by atoms with Crippen LogP contribution in [0.2, 0.25) is 0 Å². The highest BCUT2D eigenvalue weighted by atomic mass is 16.5. The summed E-state index contributed by atoms with van der Waals surface area (Å²) in [6.07, 6.45) is 3.43. The molecule has 0 aromatic carbocycles. The molecule has 2 rings (SSSR count). The van der Waals surface area contributed by atoms with Gasteiger partial charge in [-0.15, -0.1) is 0 Å². The molecule has 0 saturated heterocycles. The first kappa shape index (κ1) is 15.2. The van der Waals surface area contributed by atoms with Crippen molar-refractivity contribution in [2.45, 2.75) is 13.8 Å². The predicted molar refractivity (Wildman–Crippen MR) is 80.3 cm³/mol. The fourth-order valence-electron chi connectivity index (χ4n) is 1.92. The second kappa shape index (κ2) is 6.98. The van der Waals surface area contributed by atoms with E-state index < -0.39 is 0 Å². The molecule has 0 fully saturated rings. The van der Waals surface area contributed by atoms with Crippen molar-refractivity contribution < 1.29 is 4.74 Å². The Morgan fingerprint density at radius 1 is 1.33 bits per heavy atom. The van der Waals surface area contributed by atoms with Crippen molar-refractivity contribution in [3.63, 3.8) is 0 Å². The summed E-state index contributed by atoms with van der Waals surface area (Å²) in [7, 11) is 1.67. The minimum atomic E-state index is 0.177. The molecule has 0 atom stereocenters. The van der Waals surface area contributed by atoms with E-state index in [9.17, 15) is 0 Å². The Labute approximate surface area is 124 Å². The molecular weight excluding hydrogens is 270 g/mol. The summed E-state index contributed by atoms with van der Waals surface area (Å²) in [6.45, 7) is 6.37. The van der Waals surface area contributed by atoms with Crippen LogP contribution >= 0.6 is 0 Å². The lowest BCUT2D eigenvalue weighted by Gasteiger charge is -2.24. The first-order valence-corrected chi connectivity index (χ1v) is 6.85. The molecule has 0 unspecified atom stereocenters. The maximum atomic E-state index is 5.80. The second-order valence-corrected chi connectivity index (χ2v) is 5.08. The van der Waals surface area contributed by atoms with Gasteiger partial charge in [0.05, 0.1) is 6.61 Å². The van der Waals surface area contributed by atoms with Crippen LogP contribution in [0.3, 0.4) is 0 Å². The molecule has 21 heavy (non-hydrogen) atoms. The quantitative estimate of drug-likeness (QED) is 0.804. The number of rotatable bonds is 7. The largest absolute Gasteiger partial charge is 0.383 e. The fraction of sp³-hybridized carbons (Fsp3) is 0.538. The van der Waals surface area contributed by atoms with Crippen LogP contribution in [-0.4, -0.2) is 51.5 Å². The van der Waals surface area contributed by atoms with E-state index in [2.05, 4.69) is 33.9 Å². The highest BCUT2D eigenvalue weighted by Gasteiger charge is 2.15. The third-order valence-electron chi connectivity index (χ3n) is 2.77. The van der Waals surface area contributed by atoms with Crippen LogP contribution in [0.1, 0.15) is 13.8 Å². The number of nitrogen functional groups attached to an aromatic ring is 1. The fourth-order valence-corrected chi connectivity index (χ4v) is 1.92. The van der Waals surface area contributed by atoms with Gasteiger partial charge < -0.3 is 15.4 Å². The lowest BCUT2D eigenvalue weighted by atomic mass is 10.2. The molecular formula is C13H21N7O. The van der Waals surface area contributed by atoms with Gasteiger partial charge in [-0.25, -0.2) is 4.68 Å². The zero-order valence-corrected chi connectivity index (χ0v) is 12.6. The molecule has 0 aliphatic rings. The van der Waals surface area contributed by atoms with Crippen molar-refractivity contribution in [2.75, 3.05) is 37.4 Å². The molecule has 2 N–H and O–H groups in total. The topological polar surface area (TPSA) is 95.0 Å². The number of nitrogens with zero attached hydrogens (tertiary/aromatic N) is 6. The van der Waals surface area contributed by atoms with Crippen molar-refractivity contribution in [1.82, 2.24) is 24.7 Å². The van der Waals surface area contributed by atoms with Gasteiger partial charge in [0, 0.05) is 32.6 Å². The van der Waals surface area contributed by atoms with Crippen LogP contribution in [-0.2, 0) is 4.74 Å². The molecule has 0 saturated carbocycles. The summed E-state index contributed by atoms with van der Waals surface area (Å²) < 4.78 is 6.71. The van der Waals surface area contributed by atoms with Gasteiger partial charge in [0.1, 0.15) is 0 Å². The normalized spacial score (nSPS) is 11.0. The third kappa shape index (κ3) is 4.12. The van der Waals surface area contributed by atoms with Crippen molar-refractivity contribution in [3.05, 3.63) is 18.5 Å². The Balaban J connectivity index is 2.30. The predicted octanol–water partition coefficient (Wildman–Crippen LogP) is 0.748. The number of anilines is 2. The number of aromatic nitrogens is 5. The van der Waals surface area contributed by atoms with Crippen LogP contribution in [0.25, 0.3) is 5.95 Å². The molecule has 0 aliphatic carbocycles. The van der Waals surface area contributed by atoms with Crippen molar-refractivity contribution in [3.8, 4) is 5.95 Å². The Morgan fingerprint density at radius 3 is 2.76 bits per heavy atom. The molecule has 8 heteroatoms. The number of methoxy groups -OCH3 is 1. The van der Waals surface area contributed by atoms with Gasteiger partial charge >= 0.3 is 0 Å². The van der Waals surface area contributed by atoms with Gasteiger partial charge in [-0.1, -0.05) is 13.8 Å². The summed E-state index contributed by atoms with van der Waals surface area (Å²) in [5, 5.41) is 4.12. The van der Waals surface area contributed by atoms with E-state index in [0.29, 0.717) is 31.0 Å². The number of hydrogen-bond acceptors (Lipinski definition) is 7. The van der Waals surface area contributed by atoms with Gasteiger partial charge in [0.25, 0.3) is 5.95 Å². The summed E-state index contributed by atoms with van der Waals surface area (Å²) in [5.41, 5.74) is 5.80. The number of nitrogens with two attached hydrogens (primary N) is 1. The standard InChI is InChI=1S/C13H21N7O/c1-10(2)9-19(7-8-21-3)12-16-11(14)17-13(18-12)20-6-4-5-15-20/h4-6,10H,7-9H2,1-3H3,(H2,14,16,17,18). The van der Waals surface area contributed by atoms with Crippen LogP contribution in [0.5, 0.6) is 0 Å². The van der Waals surface area contributed by atoms with Crippen LogP contribution in [0.4, 0.5) is 11.9 Å². The Hall–Kier alpha value is -2.22. The maximum absolute atomic E-state index is 5.80. The van der Waals surface area contributed by atoms with Gasteiger partial charge in [-0.3, -0.25) is 0 Å². The zero-order chi connectivity index (χ0) is 15.2. The molecule has 2 aromatic heterocycles. The van der Waals surface area contributed by atoms with Gasteiger partial charge in [-0.05, 0) is 12.0 Å². The Bertz CT molecular complexity index is 556. The second-order valence-electron chi connectivity index (χ2n) is 5.08. The molecule has 2 heterocycles. The monoisotopic (exact) mass is 291 g/mol. The van der Waals surface area contributed by atoms with E-state index in [-0.39, 0.29) is 5.95 Å². The maximum Gasteiger partial charge on any atom is 0.257 e. The lowest BCUT2D eigenvalue weighted by Crippen LogP contribution is -2.33. The molecule has 114 valence electrons. The number of hydrogen-bond donors (Lipinski definition) is 1. The van der Waals surface area contributed by atoms with Gasteiger partial charge in [0.2, 0.25) is 11.9 Å². The van der Waals surface area contributed by atoms with Gasteiger partial charge in [-0.2, -0.15) is 20.1 Å². The molecule has 0 aliphatic heterocycles. The third-order valence-corrected chi connectivity index (χ3v) is 2.77. The van der Waals surface area contributed by atoms with Crippen LogP contribution in [0.15, 0.2) is 18.5 Å². The van der Waals surface area contributed by atoms with Crippen LogP contribution in [0, 0.1) is 5.92 Å². The van der Waals surface area contributed by atoms with Gasteiger partial charge in [0.15, 0.2) is 0 Å². The summed E-state index contributed by atoms with van der Waals surface area (Å²) >= 11 is 0. The number of ether oxygens (including phenoxy) is 1. The zero-order valence-electron chi connectivity index (χ0n) is 12.6. The first-order valence-electron chi connectivity index (χ1n) is 6.85. The minimum absolute atomic E-state index is 0.177. The molecule has 0 radical (unpaired) electrons. The first-order chi connectivity index (χ1) is 10.1. The summed E-state index contributed by atoms with van der Waals surface area (Å²) in [6, 6.07) is 1.80. The van der Waals surface area contributed by atoms with Crippen LogP contribution < -0.4 is 10.6 Å². The molecule has 0 amide bonds.